The molecule has 3 atom stereocenters. The molecule has 6 heteroatoms. The molecule has 0 bridgehead atoms. The highest BCUT2D eigenvalue weighted by molar-refractivity contribution is 5.24. The van der Waals surface area contributed by atoms with E-state index in [1.807, 2.05) is 12.1 Å². The van der Waals surface area contributed by atoms with Crippen molar-refractivity contribution in [3.8, 4) is 0 Å². The molecule has 0 radical (unpaired) electrons. The first-order valence-electron chi connectivity index (χ1n) is 8.31. The second-order valence-corrected chi connectivity index (χ2v) is 6.81. The number of benzene rings is 1. The van der Waals surface area contributed by atoms with Crippen LogP contribution in [0.5, 0.6) is 0 Å². The summed E-state index contributed by atoms with van der Waals surface area (Å²) >= 11 is 0. The Morgan fingerprint density at radius 2 is 2.38 bits per heavy atom. The van der Waals surface area contributed by atoms with Gasteiger partial charge in [-0.15, -0.1) is 0 Å². The molecule has 4 rings (SSSR count). The van der Waals surface area contributed by atoms with E-state index in [0.29, 0.717) is 6.61 Å². The van der Waals surface area contributed by atoms with Crippen LogP contribution in [0.25, 0.3) is 0 Å². The number of nitrogens with zero attached hydrogens (tertiary/aromatic N) is 2. The Balaban J connectivity index is 1.49. The highest BCUT2D eigenvalue weighted by atomic mass is 19.1. The number of aromatic amines is 1. The Kier molecular flexibility index (Phi) is 4.12. The number of ether oxygens (including phenoxy) is 2. The molecule has 2 fully saturated rings. The number of rotatable bonds is 4. The fourth-order valence-corrected chi connectivity index (χ4v) is 4.08. The Morgan fingerprint density at radius 1 is 1.46 bits per heavy atom. The first kappa shape index (κ1) is 15.7. The molecule has 2 aliphatic rings. The monoisotopic (exact) mass is 331 g/mol. The van der Waals surface area contributed by atoms with Crippen LogP contribution >= 0.6 is 0 Å². The van der Waals surface area contributed by atoms with Crippen molar-refractivity contribution < 1.29 is 13.9 Å². The number of H-pyrrole nitrogens is 1. The summed E-state index contributed by atoms with van der Waals surface area (Å²) in [5.41, 5.74) is 1.78. The Labute approximate surface area is 140 Å². The average Bonchev–Trinajstić information content (AvgIpc) is 3.29. The van der Waals surface area contributed by atoms with E-state index in [1.165, 1.54) is 6.07 Å². The van der Waals surface area contributed by atoms with E-state index < -0.39 is 0 Å². The van der Waals surface area contributed by atoms with Crippen LogP contribution in [0.4, 0.5) is 4.39 Å². The Hall–Kier alpha value is -1.76. The number of hydrogen-bond acceptors (Lipinski definition) is 4. The maximum atomic E-state index is 13.5. The molecular formula is C18H22FN3O2. The molecule has 2 aliphatic heterocycles. The minimum absolute atomic E-state index is 0.0268. The molecule has 1 aromatic carbocycles. The molecule has 0 amide bonds. The molecule has 3 heterocycles. The van der Waals surface area contributed by atoms with Crippen molar-refractivity contribution >= 4 is 0 Å². The third-order valence-corrected chi connectivity index (χ3v) is 5.22. The van der Waals surface area contributed by atoms with E-state index in [1.54, 1.807) is 25.4 Å². The van der Waals surface area contributed by atoms with E-state index >= 15 is 0 Å². The van der Waals surface area contributed by atoms with Crippen molar-refractivity contribution in [2.24, 2.45) is 0 Å². The van der Waals surface area contributed by atoms with Gasteiger partial charge in [-0.1, -0.05) is 12.1 Å². The SMILES string of the molecule is CO[C@@H]1CN(Cc2ccn[nH]2)C[C@]12C[C@@H](c1cccc(F)c1)CO2. The molecule has 0 saturated carbocycles. The number of nitrogens with one attached hydrogen (secondary N) is 1. The fraction of sp³-hybridized carbons (Fsp3) is 0.500. The molecule has 0 unspecified atom stereocenters. The van der Waals surface area contributed by atoms with Crippen LogP contribution in [0.15, 0.2) is 36.5 Å². The smallest absolute Gasteiger partial charge is 0.123 e. The molecule has 24 heavy (non-hydrogen) atoms. The summed E-state index contributed by atoms with van der Waals surface area (Å²) in [4.78, 5) is 2.33. The minimum atomic E-state index is -0.314. The summed E-state index contributed by atoms with van der Waals surface area (Å²) < 4.78 is 25.5. The lowest BCUT2D eigenvalue weighted by Crippen LogP contribution is -2.42. The van der Waals surface area contributed by atoms with Crippen LogP contribution in [0.2, 0.25) is 0 Å². The van der Waals surface area contributed by atoms with E-state index in [4.69, 9.17) is 9.47 Å². The number of likely N-dealkylation sites (tertiary alicyclic amines) is 1. The summed E-state index contributed by atoms with van der Waals surface area (Å²) in [6, 6.07) is 8.83. The third kappa shape index (κ3) is 2.85. The zero-order chi connectivity index (χ0) is 16.6. The predicted molar refractivity (Wildman–Crippen MR) is 87.1 cm³/mol. The predicted octanol–water partition coefficient (Wildman–Crippen LogP) is 2.32. The van der Waals surface area contributed by atoms with E-state index in [2.05, 4.69) is 15.1 Å². The van der Waals surface area contributed by atoms with Crippen molar-refractivity contribution in [3.05, 3.63) is 53.6 Å². The van der Waals surface area contributed by atoms with Crippen LogP contribution in [-0.2, 0) is 16.0 Å². The quantitative estimate of drug-likeness (QED) is 0.934. The summed E-state index contributed by atoms with van der Waals surface area (Å²) in [6.45, 7) is 3.05. The average molecular weight is 331 g/mol. The minimum Gasteiger partial charge on any atom is -0.377 e. The second kappa shape index (κ2) is 6.27. The summed E-state index contributed by atoms with van der Waals surface area (Å²) in [7, 11) is 1.74. The first-order valence-corrected chi connectivity index (χ1v) is 8.31. The lowest BCUT2D eigenvalue weighted by Gasteiger charge is -2.28. The first-order chi connectivity index (χ1) is 11.7. The van der Waals surface area contributed by atoms with E-state index in [-0.39, 0.29) is 23.4 Å². The molecule has 1 aromatic heterocycles. The Bertz CT molecular complexity index is 693. The van der Waals surface area contributed by atoms with Crippen molar-refractivity contribution in [2.75, 3.05) is 26.8 Å². The lowest BCUT2D eigenvalue weighted by molar-refractivity contribution is -0.0757. The van der Waals surface area contributed by atoms with Crippen LogP contribution in [-0.4, -0.2) is 53.6 Å². The van der Waals surface area contributed by atoms with Gasteiger partial charge in [0.15, 0.2) is 0 Å². The summed E-state index contributed by atoms with van der Waals surface area (Å²) in [5.74, 6) is 0.0227. The zero-order valence-electron chi connectivity index (χ0n) is 13.7. The van der Waals surface area contributed by atoms with Gasteiger partial charge in [0, 0.05) is 44.6 Å². The van der Waals surface area contributed by atoms with E-state index in [9.17, 15) is 4.39 Å². The van der Waals surface area contributed by atoms with Crippen LogP contribution in [0.3, 0.4) is 0 Å². The fourth-order valence-electron chi connectivity index (χ4n) is 4.08. The normalized spacial score (nSPS) is 30.4. The van der Waals surface area contributed by atoms with Crippen LogP contribution in [0, 0.1) is 5.82 Å². The highest BCUT2D eigenvalue weighted by Crippen LogP contribution is 2.43. The largest absolute Gasteiger partial charge is 0.377 e. The van der Waals surface area contributed by atoms with Crippen LogP contribution < -0.4 is 0 Å². The van der Waals surface area contributed by atoms with Gasteiger partial charge < -0.3 is 9.47 Å². The molecule has 0 aliphatic carbocycles. The molecular weight excluding hydrogens is 309 g/mol. The van der Waals surface area contributed by atoms with Crippen molar-refractivity contribution in [2.45, 2.75) is 30.6 Å². The van der Waals surface area contributed by atoms with Gasteiger partial charge in [0.05, 0.1) is 12.7 Å². The zero-order valence-corrected chi connectivity index (χ0v) is 13.7. The van der Waals surface area contributed by atoms with Gasteiger partial charge in [0.25, 0.3) is 0 Å². The molecule has 128 valence electrons. The van der Waals surface area contributed by atoms with Crippen LogP contribution in [0.1, 0.15) is 23.6 Å². The molecule has 1 spiro atoms. The molecule has 5 nitrogen and oxygen atoms in total. The number of aromatic nitrogens is 2. The maximum Gasteiger partial charge on any atom is 0.123 e. The second-order valence-electron chi connectivity index (χ2n) is 6.81. The highest BCUT2D eigenvalue weighted by Gasteiger charge is 2.53. The van der Waals surface area contributed by atoms with Gasteiger partial charge in [-0.2, -0.15) is 5.10 Å². The Morgan fingerprint density at radius 3 is 3.12 bits per heavy atom. The lowest BCUT2D eigenvalue weighted by atomic mass is 9.87. The summed E-state index contributed by atoms with van der Waals surface area (Å²) in [6.07, 6.45) is 2.65. The van der Waals surface area contributed by atoms with Crippen molar-refractivity contribution in [3.63, 3.8) is 0 Å². The molecule has 2 aromatic rings. The number of hydrogen-bond donors (Lipinski definition) is 1. The standard InChI is InChI=1S/C18H22FN3O2/c1-23-17-10-22(9-16-5-6-20-21-16)12-18(17)8-14(11-24-18)13-3-2-4-15(19)7-13/h2-7,14,17H,8-12H2,1H3,(H,20,21)/t14-,17-,18-/m1/s1. The van der Waals surface area contributed by atoms with Gasteiger partial charge >= 0.3 is 0 Å². The van der Waals surface area contributed by atoms with Gasteiger partial charge in [-0.05, 0) is 30.2 Å². The molecule has 1 N–H and O–H groups in total. The van der Waals surface area contributed by atoms with Gasteiger partial charge in [0.1, 0.15) is 11.4 Å². The third-order valence-electron chi connectivity index (χ3n) is 5.22. The number of halogens is 1. The van der Waals surface area contributed by atoms with Gasteiger partial charge in [-0.25, -0.2) is 4.39 Å². The van der Waals surface area contributed by atoms with Gasteiger partial charge in [0.2, 0.25) is 0 Å². The topological polar surface area (TPSA) is 50.4 Å². The maximum absolute atomic E-state index is 13.5. The van der Waals surface area contributed by atoms with Gasteiger partial charge in [-0.3, -0.25) is 10.00 Å². The van der Waals surface area contributed by atoms with Crippen molar-refractivity contribution in [1.82, 2.24) is 15.1 Å². The molecule has 2 saturated heterocycles. The van der Waals surface area contributed by atoms with E-state index in [0.717, 1.165) is 37.3 Å². The summed E-state index contributed by atoms with van der Waals surface area (Å²) in [5, 5.41) is 7.00. The number of methoxy groups -OCH3 is 1. The van der Waals surface area contributed by atoms with Crippen molar-refractivity contribution in [1.29, 1.82) is 0 Å².